The van der Waals surface area contributed by atoms with E-state index in [4.69, 9.17) is 5.73 Å². The van der Waals surface area contributed by atoms with Crippen molar-refractivity contribution in [3.05, 3.63) is 51.9 Å². The van der Waals surface area contributed by atoms with Crippen LogP contribution < -0.4 is 5.73 Å². The van der Waals surface area contributed by atoms with Crippen LogP contribution in [0, 0.1) is 6.92 Å². The molecule has 1 atom stereocenters. The number of nitrogen functional groups attached to an aromatic ring is 1. The molecule has 0 saturated carbocycles. The van der Waals surface area contributed by atoms with Gasteiger partial charge in [-0.05, 0) is 40.5 Å². The van der Waals surface area contributed by atoms with Gasteiger partial charge in [-0.15, -0.1) is 0 Å². The Morgan fingerprint density at radius 3 is 2.82 bits per heavy atom. The molecule has 2 aromatic rings. The number of pyridine rings is 2. The van der Waals surface area contributed by atoms with Crippen LogP contribution >= 0.6 is 15.9 Å². The highest BCUT2D eigenvalue weighted by atomic mass is 79.9. The number of nitrogens with zero attached hydrogens (tertiary/aromatic N) is 2. The van der Waals surface area contributed by atoms with Crippen LogP contribution in [0.2, 0.25) is 0 Å². The summed E-state index contributed by atoms with van der Waals surface area (Å²) in [6.45, 7) is 1.89. The number of anilines is 1. The Morgan fingerprint density at radius 2 is 2.18 bits per heavy atom. The highest BCUT2D eigenvalue weighted by molar-refractivity contribution is 9.10. The lowest BCUT2D eigenvalue weighted by atomic mass is 10.00. The van der Waals surface area contributed by atoms with E-state index in [0.717, 1.165) is 10.0 Å². The standard InChI is InChI=1S/C12H12BrN3O/c1-7-2-3-16-12(14)10(7)11(17)8-4-9(13)6-15-5-8/h2-6,11,17H,1H3,(H2,14,16). The molecule has 0 radical (unpaired) electrons. The van der Waals surface area contributed by atoms with Crippen LogP contribution in [0.25, 0.3) is 0 Å². The summed E-state index contributed by atoms with van der Waals surface area (Å²) < 4.78 is 0.814. The molecule has 2 aromatic heterocycles. The second-order valence-electron chi connectivity index (χ2n) is 3.77. The molecule has 2 rings (SSSR count). The fraction of sp³-hybridized carbons (Fsp3) is 0.167. The number of rotatable bonds is 2. The van der Waals surface area contributed by atoms with Crippen molar-refractivity contribution in [3.63, 3.8) is 0 Å². The average molecular weight is 294 g/mol. The summed E-state index contributed by atoms with van der Waals surface area (Å²) in [4.78, 5) is 8.02. The van der Waals surface area contributed by atoms with E-state index < -0.39 is 6.10 Å². The van der Waals surface area contributed by atoms with E-state index in [-0.39, 0.29) is 0 Å². The van der Waals surface area contributed by atoms with E-state index in [1.807, 2.05) is 19.1 Å². The van der Waals surface area contributed by atoms with Crippen molar-refractivity contribution in [2.24, 2.45) is 0 Å². The van der Waals surface area contributed by atoms with E-state index in [0.29, 0.717) is 16.9 Å². The summed E-state index contributed by atoms with van der Waals surface area (Å²) in [6.07, 6.45) is 4.09. The molecular formula is C12H12BrN3O. The molecule has 4 nitrogen and oxygen atoms in total. The summed E-state index contributed by atoms with van der Waals surface area (Å²) in [6, 6.07) is 3.63. The fourth-order valence-corrected chi connectivity index (χ4v) is 2.07. The van der Waals surface area contributed by atoms with E-state index in [1.165, 1.54) is 0 Å². The second-order valence-corrected chi connectivity index (χ2v) is 4.68. The van der Waals surface area contributed by atoms with Crippen LogP contribution in [0.4, 0.5) is 5.82 Å². The quantitative estimate of drug-likeness (QED) is 0.890. The van der Waals surface area contributed by atoms with Gasteiger partial charge in [-0.25, -0.2) is 4.98 Å². The minimum atomic E-state index is -0.811. The number of aromatic nitrogens is 2. The smallest absolute Gasteiger partial charge is 0.129 e. The first kappa shape index (κ1) is 12.0. The number of aryl methyl sites for hydroxylation is 1. The minimum absolute atomic E-state index is 0.345. The minimum Gasteiger partial charge on any atom is -0.383 e. The van der Waals surface area contributed by atoms with Gasteiger partial charge in [0.15, 0.2) is 0 Å². The molecular weight excluding hydrogens is 282 g/mol. The molecule has 1 unspecified atom stereocenters. The molecule has 88 valence electrons. The first-order valence-corrected chi connectivity index (χ1v) is 5.88. The maximum atomic E-state index is 10.3. The second kappa shape index (κ2) is 4.81. The monoisotopic (exact) mass is 293 g/mol. The van der Waals surface area contributed by atoms with E-state index in [9.17, 15) is 5.11 Å². The molecule has 0 amide bonds. The maximum absolute atomic E-state index is 10.3. The number of aliphatic hydroxyl groups excluding tert-OH is 1. The van der Waals surface area contributed by atoms with Crippen molar-refractivity contribution >= 4 is 21.7 Å². The third-order valence-corrected chi connectivity index (χ3v) is 2.99. The van der Waals surface area contributed by atoms with Crippen LogP contribution in [0.3, 0.4) is 0 Å². The molecule has 3 N–H and O–H groups in total. The predicted molar refractivity (Wildman–Crippen MR) is 69.4 cm³/mol. The highest BCUT2D eigenvalue weighted by Gasteiger charge is 2.17. The van der Waals surface area contributed by atoms with E-state index >= 15 is 0 Å². The molecule has 0 aromatic carbocycles. The Hall–Kier alpha value is -1.46. The van der Waals surface area contributed by atoms with E-state index in [2.05, 4.69) is 25.9 Å². The van der Waals surface area contributed by atoms with Crippen LogP contribution in [-0.2, 0) is 0 Å². The van der Waals surface area contributed by atoms with Crippen molar-refractivity contribution in [1.82, 2.24) is 9.97 Å². The third kappa shape index (κ3) is 2.45. The van der Waals surface area contributed by atoms with Gasteiger partial charge in [0.05, 0.1) is 0 Å². The van der Waals surface area contributed by atoms with Crippen molar-refractivity contribution in [2.75, 3.05) is 5.73 Å². The summed E-state index contributed by atoms with van der Waals surface area (Å²) in [5.74, 6) is 0.345. The maximum Gasteiger partial charge on any atom is 0.129 e. The molecule has 0 aliphatic rings. The van der Waals surface area contributed by atoms with Crippen molar-refractivity contribution < 1.29 is 5.11 Å². The molecule has 0 aliphatic heterocycles. The van der Waals surface area contributed by atoms with Gasteiger partial charge in [-0.1, -0.05) is 0 Å². The number of hydrogen-bond acceptors (Lipinski definition) is 4. The van der Waals surface area contributed by atoms with Gasteiger partial charge in [0.2, 0.25) is 0 Å². The number of aliphatic hydroxyl groups is 1. The topological polar surface area (TPSA) is 72.0 Å². The first-order valence-electron chi connectivity index (χ1n) is 5.09. The predicted octanol–water partition coefficient (Wildman–Crippen LogP) is 2.21. The molecule has 0 bridgehead atoms. The van der Waals surface area contributed by atoms with Crippen LogP contribution in [0.15, 0.2) is 35.2 Å². The molecule has 17 heavy (non-hydrogen) atoms. The van der Waals surface area contributed by atoms with Crippen molar-refractivity contribution in [1.29, 1.82) is 0 Å². The number of hydrogen-bond donors (Lipinski definition) is 2. The first-order chi connectivity index (χ1) is 8.09. The summed E-state index contributed by atoms with van der Waals surface area (Å²) >= 11 is 3.32. The largest absolute Gasteiger partial charge is 0.383 e. The molecule has 5 heteroatoms. The zero-order valence-corrected chi connectivity index (χ0v) is 10.8. The number of halogens is 1. The summed E-state index contributed by atoms with van der Waals surface area (Å²) in [7, 11) is 0. The van der Waals surface area contributed by atoms with Crippen LogP contribution in [-0.4, -0.2) is 15.1 Å². The van der Waals surface area contributed by atoms with Crippen LogP contribution in [0.5, 0.6) is 0 Å². The van der Waals surface area contributed by atoms with Crippen molar-refractivity contribution in [3.8, 4) is 0 Å². The van der Waals surface area contributed by atoms with Gasteiger partial charge in [-0.2, -0.15) is 0 Å². The van der Waals surface area contributed by atoms with Gasteiger partial charge in [0.25, 0.3) is 0 Å². The van der Waals surface area contributed by atoms with Gasteiger partial charge in [0.1, 0.15) is 11.9 Å². The van der Waals surface area contributed by atoms with Gasteiger partial charge in [-0.3, -0.25) is 4.98 Å². The Morgan fingerprint density at radius 1 is 1.41 bits per heavy atom. The molecule has 0 spiro atoms. The zero-order chi connectivity index (χ0) is 12.4. The van der Waals surface area contributed by atoms with Crippen LogP contribution in [0.1, 0.15) is 22.8 Å². The van der Waals surface area contributed by atoms with Crippen molar-refractivity contribution in [2.45, 2.75) is 13.0 Å². The Labute approximate surface area is 108 Å². The summed E-state index contributed by atoms with van der Waals surface area (Å²) in [5, 5.41) is 10.3. The normalized spacial score (nSPS) is 12.4. The van der Waals surface area contributed by atoms with Gasteiger partial charge in [0, 0.05) is 34.2 Å². The molecule has 0 saturated heterocycles. The lowest BCUT2D eigenvalue weighted by Crippen LogP contribution is -2.08. The van der Waals surface area contributed by atoms with E-state index in [1.54, 1.807) is 18.6 Å². The zero-order valence-electron chi connectivity index (χ0n) is 9.26. The number of nitrogens with two attached hydrogens (primary N) is 1. The average Bonchev–Trinajstić information content (AvgIpc) is 2.28. The lowest BCUT2D eigenvalue weighted by Gasteiger charge is -2.15. The summed E-state index contributed by atoms with van der Waals surface area (Å²) in [5.41, 5.74) is 8.02. The fourth-order valence-electron chi connectivity index (χ4n) is 1.69. The Bertz CT molecular complexity index is 525. The highest BCUT2D eigenvalue weighted by Crippen LogP contribution is 2.28. The molecule has 2 heterocycles. The SMILES string of the molecule is Cc1ccnc(N)c1C(O)c1cncc(Br)c1. The molecule has 0 aliphatic carbocycles. The lowest BCUT2D eigenvalue weighted by molar-refractivity contribution is 0.219. The van der Waals surface area contributed by atoms with Gasteiger partial charge >= 0.3 is 0 Å². The third-order valence-electron chi connectivity index (χ3n) is 2.55. The Kier molecular flexibility index (Phi) is 3.40. The Balaban J connectivity index is 2.47. The van der Waals surface area contributed by atoms with Gasteiger partial charge < -0.3 is 10.8 Å². The molecule has 0 fully saturated rings.